The van der Waals surface area contributed by atoms with Gasteiger partial charge >= 0.3 is 0 Å². The number of unbranched alkanes of at least 4 members (excludes halogenated alkanes) is 5. The molecule has 4 nitrogen and oxygen atoms in total. The molecule has 0 aromatic heterocycles. The predicted molar refractivity (Wildman–Crippen MR) is 74.1 cm³/mol. The lowest BCUT2D eigenvalue weighted by Crippen LogP contribution is -2.33. The highest BCUT2D eigenvalue weighted by atomic mass is 16.3. The summed E-state index contributed by atoms with van der Waals surface area (Å²) in [6, 6.07) is 0. The molecular formula is C13H29N3O. The van der Waals surface area contributed by atoms with Gasteiger partial charge in [-0.15, -0.1) is 0 Å². The van der Waals surface area contributed by atoms with Gasteiger partial charge in [0.2, 0.25) is 0 Å². The molecule has 0 spiro atoms. The standard InChI is InChI=1S/C13H29N3O/c1-3-4-5-6-7-8-9-15-13(14)16-10-12(2)11-17/h12,17H,3-11H2,1-2H3,(H3,14,15,16). The molecule has 0 aliphatic rings. The molecule has 1 unspecified atom stereocenters. The molecule has 0 aromatic carbocycles. The molecule has 0 rings (SSSR count). The van der Waals surface area contributed by atoms with E-state index in [-0.39, 0.29) is 12.5 Å². The summed E-state index contributed by atoms with van der Waals surface area (Å²) in [5.41, 5.74) is 5.70. The van der Waals surface area contributed by atoms with E-state index >= 15 is 0 Å². The summed E-state index contributed by atoms with van der Waals surface area (Å²) < 4.78 is 0. The minimum Gasteiger partial charge on any atom is -0.396 e. The molecule has 102 valence electrons. The Hall–Kier alpha value is -0.770. The average Bonchev–Trinajstić information content (AvgIpc) is 2.34. The van der Waals surface area contributed by atoms with Crippen molar-refractivity contribution in [3.63, 3.8) is 0 Å². The number of hydrogen-bond acceptors (Lipinski definition) is 2. The highest BCUT2D eigenvalue weighted by Gasteiger charge is 1.98. The summed E-state index contributed by atoms with van der Waals surface area (Å²) in [6.45, 7) is 5.83. The molecule has 4 heteroatoms. The van der Waals surface area contributed by atoms with E-state index in [1.54, 1.807) is 0 Å². The Morgan fingerprint density at radius 3 is 2.53 bits per heavy atom. The maximum Gasteiger partial charge on any atom is 0.188 e. The van der Waals surface area contributed by atoms with E-state index in [0.29, 0.717) is 12.5 Å². The molecule has 0 heterocycles. The maximum atomic E-state index is 8.83. The van der Waals surface area contributed by atoms with Crippen LogP contribution in [0.2, 0.25) is 0 Å². The summed E-state index contributed by atoms with van der Waals surface area (Å²) in [6.07, 6.45) is 7.70. The topological polar surface area (TPSA) is 70.6 Å². The SMILES string of the molecule is CCCCCCCCNC(N)=NCC(C)CO. The van der Waals surface area contributed by atoms with Crippen molar-refractivity contribution in [1.29, 1.82) is 0 Å². The molecule has 17 heavy (non-hydrogen) atoms. The zero-order valence-corrected chi connectivity index (χ0v) is 11.4. The van der Waals surface area contributed by atoms with Gasteiger partial charge in [-0.25, -0.2) is 0 Å². The van der Waals surface area contributed by atoms with E-state index in [1.165, 1.54) is 32.1 Å². The van der Waals surface area contributed by atoms with Crippen molar-refractivity contribution in [3.05, 3.63) is 0 Å². The molecule has 0 bridgehead atoms. The number of guanidine groups is 1. The van der Waals surface area contributed by atoms with Gasteiger partial charge in [-0.1, -0.05) is 46.0 Å². The Kier molecular flexibility index (Phi) is 11.2. The number of nitrogens with one attached hydrogen (secondary N) is 1. The van der Waals surface area contributed by atoms with Crippen molar-refractivity contribution >= 4 is 5.96 Å². The third-order valence-corrected chi connectivity index (χ3v) is 2.72. The number of hydrogen-bond donors (Lipinski definition) is 3. The number of aliphatic imine (C=N–C) groups is 1. The predicted octanol–water partition coefficient (Wildman–Crippen LogP) is 1.88. The minimum atomic E-state index is 0.161. The Labute approximate surface area is 106 Å². The highest BCUT2D eigenvalue weighted by molar-refractivity contribution is 5.77. The van der Waals surface area contributed by atoms with Crippen molar-refractivity contribution < 1.29 is 5.11 Å². The van der Waals surface area contributed by atoms with Crippen LogP contribution < -0.4 is 11.1 Å². The normalized spacial score (nSPS) is 13.7. The highest BCUT2D eigenvalue weighted by Crippen LogP contribution is 2.03. The van der Waals surface area contributed by atoms with Crippen LogP contribution in [0.5, 0.6) is 0 Å². The summed E-state index contributed by atoms with van der Waals surface area (Å²) in [5.74, 6) is 0.684. The molecule has 0 aliphatic heterocycles. The fraction of sp³-hybridized carbons (Fsp3) is 0.923. The van der Waals surface area contributed by atoms with Crippen molar-refractivity contribution in [2.45, 2.75) is 52.4 Å². The van der Waals surface area contributed by atoms with Crippen molar-refractivity contribution in [1.82, 2.24) is 5.32 Å². The second kappa shape index (κ2) is 11.7. The Morgan fingerprint density at radius 2 is 1.88 bits per heavy atom. The summed E-state index contributed by atoms with van der Waals surface area (Å²) in [7, 11) is 0. The van der Waals surface area contributed by atoms with Crippen LogP contribution in [0.25, 0.3) is 0 Å². The molecule has 0 saturated carbocycles. The third-order valence-electron chi connectivity index (χ3n) is 2.72. The van der Waals surface area contributed by atoms with Crippen LogP contribution in [-0.4, -0.2) is 30.8 Å². The molecule has 0 amide bonds. The van der Waals surface area contributed by atoms with Gasteiger partial charge in [0.25, 0.3) is 0 Å². The first-order valence-corrected chi connectivity index (χ1v) is 6.85. The zero-order chi connectivity index (χ0) is 12.9. The molecule has 0 aliphatic carbocycles. The van der Waals surface area contributed by atoms with Crippen molar-refractivity contribution in [2.24, 2.45) is 16.6 Å². The second-order valence-electron chi connectivity index (χ2n) is 4.71. The van der Waals surface area contributed by atoms with E-state index in [4.69, 9.17) is 10.8 Å². The van der Waals surface area contributed by atoms with E-state index in [2.05, 4.69) is 17.2 Å². The zero-order valence-electron chi connectivity index (χ0n) is 11.4. The second-order valence-corrected chi connectivity index (χ2v) is 4.71. The number of nitrogens with zero attached hydrogens (tertiary/aromatic N) is 1. The van der Waals surface area contributed by atoms with E-state index < -0.39 is 0 Å². The third kappa shape index (κ3) is 11.5. The number of aliphatic hydroxyl groups is 1. The smallest absolute Gasteiger partial charge is 0.188 e. The van der Waals surface area contributed by atoms with Crippen LogP contribution in [0.15, 0.2) is 4.99 Å². The van der Waals surface area contributed by atoms with Crippen LogP contribution >= 0.6 is 0 Å². The number of aliphatic hydroxyl groups excluding tert-OH is 1. The van der Waals surface area contributed by atoms with Crippen LogP contribution in [0.3, 0.4) is 0 Å². The summed E-state index contributed by atoms with van der Waals surface area (Å²) in [5, 5.41) is 11.9. The molecule has 4 N–H and O–H groups in total. The van der Waals surface area contributed by atoms with Gasteiger partial charge < -0.3 is 16.2 Å². The first-order chi connectivity index (χ1) is 8.20. The van der Waals surface area contributed by atoms with Crippen molar-refractivity contribution in [3.8, 4) is 0 Å². The lowest BCUT2D eigenvalue weighted by molar-refractivity contribution is 0.241. The lowest BCUT2D eigenvalue weighted by Gasteiger charge is -2.07. The quantitative estimate of drug-likeness (QED) is 0.312. The molecule has 0 fully saturated rings. The first kappa shape index (κ1) is 16.2. The molecular weight excluding hydrogens is 214 g/mol. The molecule has 0 radical (unpaired) electrons. The van der Waals surface area contributed by atoms with E-state index in [0.717, 1.165) is 13.0 Å². The summed E-state index contributed by atoms with van der Waals surface area (Å²) in [4.78, 5) is 4.17. The maximum absolute atomic E-state index is 8.83. The average molecular weight is 243 g/mol. The van der Waals surface area contributed by atoms with Gasteiger partial charge in [-0.3, -0.25) is 4.99 Å². The van der Waals surface area contributed by atoms with Crippen molar-refractivity contribution in [2.75, 3.05) is 19.7 Å². The fourth-order valence-corrected chi connectivity index (χ4v) is 1.49. The Bertz CT molecular complexity index is 195. The Balaban J connectivity index is 3.35. The van der Waals surface area contributed by atoms with Crippen LogP contribution in [0.4, 0.5) is 0 Å². The van der Waals surface area contributed by atoms with Gasteiger partial charge in [-0.05, 0) is 12.3 Å². The summed E-state index contributed by atoms with van der Waals surface area (Å²) >= 11 is 0. The van der Waals surface area contributed by atoms with Gasteiger partial charge in [0.05, 0.1) is 0 Å². The first-order valence-electron chi connectivity index (χ1n) is 6.85. The molecule has 1 atom stereocenters. The minimum absolute atomic E-state index is 0.161. The van der Waals surface area contributed by atoms with Crippen LogP contribution in [0, 0.1) is 5.92 Å². The monoisotopic (exact) mass is 243 g/mol. The van der Waals surface area contributed by atoms with E-state index in [9.17, 15) is 0 Å². The van der Waals surface area contributed by atoms with Gasteiger partial charge in [0, 0.05) is 19.7 Å². The fourth-order valence-electron chi connectivity index (χ4n) is 1.49. The van der Waals surface area contributed by atoms with Crippen LogP contribution in [-0.2, 0) is 0 Å². The Morgan fingerprint density at radius 1 is 1.24 bits per heavy atom. The van der Waals surface area contributed by atoms with Gasteiger partial charge in [0.1, 0.15) is 0 Å². The van der Waals surface area contributed by atoms with Gasteiger partial charge in [0.15, 0.2) is 5.96 Å². The largest absolute Gasteiger partial charge is 0.396 e. The molecule has 0 saturated heterocycles. The van der Waals surface area contributed by atoms with Gasteiger partial charge in [-0.2, -0.15) is 0 Å². The number of rotatable bonds is 10. The number of nitrogens with two attached hydrogens (primary N) is 1. The van der Waals surface area contributed by atoms with E-state index in [1.807, 2.05) is 6.92 Å². The molecule has 0 aromatic rings. The van der Waals surface area contributed by atoms with Crippen LogP contribution in [0.1, 0.15) is 52.4 Å². The lowest BCUT2D eigenvalue weighted by atomic mass is 10.1.